The van der Waals surface area contributed by atoms with Gasteiger partial charge in [-0.3, -0.25) is 4.79 Å². The molecule has 0 aliphatic rings. The van der Waals surface area contributed by atoms with E-state index in [9.17, 15) is 10.1 Å². The maximum atomic E-state index is 13.2. The molecule has 2 aromatic carbocycles. The van der Waals surface area contributed by atoms with Crippen molar-refractivity contribution in [1.29, 1.82) is 5.26 Å². The SMILES string of the molecule is CC(C)(C)n1nnc(C(=O)N(Cc2ccc(Cl)cc2)c2cccc(C#N)c2)n1. The third-order valence-corrected chi connectivity index (χ3v) is 4.24. The Balaban J connectivity index is 1.99. The van der Waals surface area contributed by atoms with Crippen molar-refractivity contribution in [2.24, 2.45) is 0 Å². The lowest BCUT2D eigenvalue weighted by Gasteiger charge is -2.22. The number of amides is 1. The van der Waals surface area contributed by atoms with Crippen molar-refractivity contribution < 1.29 is 4.79 Å². The summed E-state index contributed by atoms with van der Waals surface area (Å²) in [5.74, 6) is -0.410. The molecule has 0 saturated carbocycles. The van der Waals surface area contributed by atoms with E-state index in [2.05, 4.69) is 21.5 Å². The van der Waals surface area contributed by atoms with Crippen LogP contribution in [0.4, 0.5) is 5.69 Å². The second-order valence-electron chi connectivity index (χ2n) is 7.25. The smallest absolute Gasteiger partial charge is 0.300 e. The first-order valence-electron chi connectivity index (χ1n) is 8.65. The number of nitriles is 1. The summed E-state index contributed by atoms with van der Waals surface area (Å²) in [6.07, 6.45) is 0. The molecule has 1 heterocycles. The van der Waals surface area contributed by atoms with E-state index < -0.39 is 11.4 Å². The summed E-state index contributed by atoms with van der Waals surface area (Å²) in [5, 5.41) is 22.0. The van der Waals surface area contributed by atoms with Crippen LogP contribution in [0.15, 0.2) is 48.5 Å². The minimum atomic E-state index is -0.402. The average molecular weight is 395 g/mol. The molecular weight excluding hydrogens is 376 g/mol. The van der Waals surface area contributed by atoms with Crippen LogP contribution in [-0.2, 0) is 12.1 Å². The van der Waals surface area contributed by atoms with Crippen LogP contribution in [0.2, 0.25) is 5.02 Å². The molecule has 1 amide bonds. The number of tetrazole rings is 1. The van der Waals surface area contributed by atoms with E-state index >= 15 is 0 Å². The number of rotatable bonds is 4. The van der Waals surface area contributed by atoms with E-state index in [-0.39, 0.29) is 12.4 Å². The monoisotopic (exact) mass is 394 g/mol. The van der Waals surface area contributed by atoms with Crippen LogP contribution in [0, 0.1) is 11.3 Å². The Morgan fingerprint density at radius 3 is 2.54 bits per heavy atom. The Morgan fingerprint density at radius 2 is 1.93 bits per heavy atom. The number of nitrogens with zero attached hydrogens (tertiary/aromatic N) is 6. The van der Waals surface area contributed by atoms with Gasteiger partial charge >= 0.3 is 0 Å². The van der Waals surface area contributed by atoms with Gasteiger partial charge in [0.2, 0.25) is 0 Å². The highest BCUT2D eigenvalue weighted by atomic mass is 35.5. The first-order valence-corrected chi connectivity index (χ1v) is 9.03. The fraction of sp³-hybridized carbons (Fsp3) is 0.250. The number of anilines is 1. The predicted octanol–water partition coefficient (Wildman–Crippen LogP) is 3.80. The average Bonchev–Trinajstić information content (AvgIpc) is 3.18. The van der Waals surface area contributed by atoms with Crippen LogP contribution in [-0.4, -0.2) is 26.1 Å². The van der Waals surface area contributed by atoms with E-state index in [1.165, 1.54) is 9.70 Å². The van der Waals surface area contributed by atoms with E-state index in [4.69, 9.17) is 11.6 Å². The number of benzene rings is 2. The fourth-order valence-corrected chi connectivity index (χ4v) is 2.63. The van der Waals surface area contributed by atoms with Gasteiger partial charge in [-0.25, -0.2) is 0 Å². The fourth-order valence-electron chi connectivity index (χ4n) is 2.50. The Kier molecular flexibility index (Phi) is 5.43. The van der Waals surface area contributed by atoms with Gasteiger partial charge in [0, 0.05) is 10.7 Å². The molecule has 3 aromatic rings. The first kappa shape index (κ1) is 19.5. The summed E-state index contributed by atoms with van der Waals surface area (Å²) in [4.78, 5) is 16.1. The van der Waals surface area contributed by atoms with Crippen molar-refractivity contribution >= 4 is 23.2 Å². The zero-order chi connectivity index (χ0) is 20.3. The minimum absolute atomic E-state index is 0.00810. The van der Waals surface area contributed by atoms with Crippen molar-refractivity contribution in [3.63, 3.8) is 0 Å². The topological polar surface area (TPSA) is 87.7 Å². The van der Waals surface area contributed by atoms with Crippen molar-refractivity contribution in [3.8, 4) is 6.07 Å². The second-order valence-corrected chi connectivity index (χ2v) is 7.69. The van der Waals surface area contributed by atoms with Crippen LogP contribution >= 0.6 is 11.6 Å². The number of halogens is 1. The molecule has 0 radical (unpaired) electrons. The van der Waals surface area contributed by atoms with E-state index in [0.717, 1.165) is 5.56 Å². The minimum Gasteiger partial charge on any atom is -0.301 e. The van der Waals surface area contributed by atoms with Crippen LogP contribution in [0.5, 0.6) is 0 Å². The zero-order valence-electron chi connectivity index (χ0n) is 15.8. The number of hydrogen-bond acceptors (Lipinski definition) is 5. The molecule has 1 aromatic heterocycles. The molecule has 0 aliphatic heterocycles. The van der Waals surface area contributed by atoms with Gasteiger partial charge in [0.15, 0.2) is 0 Å². The van der Waals surface area contributed by atoms with Crippen molar-refractivity contribution in [1.82, 2.24) is 20.2 Å². The molecule has 142 valence electrons. The van der Waals surface area contributed by atoms with Gasteiger partial charge in [0.1, 0.15) is 0 Å². The van der Waals surface area contributed by atoms with E-state index in [1.54, 1.807) is 36.4 Å². The Bertz CT molecular complexity index is 1030. The maximum absolute atomic E-state index is 13.2. The first-order chi connectivity index (χ1) is 13.3. The van der Waals surface area contributed by atoms with Gasteiger partial charge < -0.3 is 4.90 Å². The number of hydrogen-bond donors (Lipinski definition) is 0. The maximum Gasteiger partial charge on any atom is 0.300 e. The molecule has 0 bridgehead atoms. The Morgan fingerprint density at radius 1 is 1.21 bits per heavy atom. The van der Waals surface area contributed by atoms with Crippen molar-refractivity contribution in [2.45, 2.75) is 32.9 Å². The lowest BCUT2D eigenvalue weighted by Crippen LogP contribution is -2.32. The quantitative estimate of drug-likeness (QED) is 0.671. The number of aromatic nitrogens is 4. The van der Waals surface area contributed by atoms with E-state index in [1.807, 2.05) is 32.9 Å². The third kappa shape index (κ3) is 4.35. The molecule has 3 rings (SSSR count). The number of carbonyl (C=O) groups is 1. The van der Waals surface area contributed by atoms with Gasteiger partial charge in [-0.2, -0.15) is 10.1 Å². The molecule has 28 heavy (non-hydrogen) atoms. The summed E-state index contributed by atoms with van der Waals surface area (Å²) in [7, 11) is 0. The lowest BCUT2D eigenvalue weighted by atomic mass is 10.1. The molecule has 0 saturated heterocycles. The third-order valence-electron chi connectivity index (χ3n) is 3.99. The van der Waals surface area contributed by atoms with Crippen LogP contribution in [0.1, 0.15) is 42.5 Å². The standard InChI is InChI=1S/C20H19ClN6O/c1-20(2,3)27-24-18(23-25-27)19(28)26(13-14-7-9-16(21)10-8-14)17-6-4-5-15(11-17)12-22/h4-11H,13H2,1-3H3. The van der Waals surface area contributed by atoms with Crippen LogP contribution in [0.3, 0.4) is 0 Å². The van der Waals surface area contributed by atoms with Gasteiger partial charge in [0.05, 0.1) is 23.7 Å². The Hall–Kier alpha value is -3.24. The van der Waals surface area contributed by atoms with Crippen LogP contribution < -0.4 is 4.90 Å². The van der Waals surface area contributed by atoms with Gasteiger partial charge in [-0.15, -0.1) is 10.2 Å². The predicted molar refractivity (Wildman–Crippen MR) is 106 cm³/mol. The lowest BCUT2D eigenvalue weighted by molar-refractivity contribution is 0.0974. The highest BCUT2D eigenvalue weighted by Crippen LogP contribution is 2.22. The summed E-state index contributed by atoms with van der Waals surface area (Å²) in [5.41, 5.74) is 1.51. The summed E-state index contributed by atoms with van der Waals surface area (Å²) >= 11 is 5.96. The summed E-state index contributed by atoms with van der Waals surface area (Å²) < 4.78 is 0. The molecule has 0 fully saturated rings. The summed E-state index contributed by atoms with van der Waals surface area (Å²) in [6.45, 7) is 6.04. The van der Waals surface area contributed by atoms with Crippen LogP contribution in [0.25, 0.3) is 0 Å². The van der Waals surface area contributed by atoms with Gasteiger partial charge in [-0.1, -0.05) is 29.8 Å². The molecule has 0 N–H and O–H groups in total. The second kappa shape index (κ2) is 7.79. The van der Waals surface area contributed by atoms with Gasteiger partial charge in [0.25, 0.3) is 11.7 Å². The molecule has 8 heteroatoms. The largest absolute Gasteiger partial charge is 0.301 e. The molecule has 0 unspecified atom stereocenters. The van der Waals surface area contributed by atoms with Crippen molar-refractivity contribution in [2.75, 3.05) is 4.90 Å². The molecule has 7 nitrogen and oxygen atoms in total. The molecule has 0 aliphatic carbocycles. The molecule has 0 spiro atoms. The van der Waals surface area contributed by atoms with E-state index in [0.29, 0.717) is 16.3 Å². The zero-order valence-corrected chi connectivity index (χ0v) is 16.6. The van der Waals surface area contributed by atoms with Crippen molar-refractivity contribution in [3.05, 3.63) is 70.5 Å². The highest BCUT2D eigenvalue weighted by molar-refractivity contribution is 6.30. The number of carbonyl (C=O) groups excluding carboxylic acids is 1. The Labute approximate surface area is 168 Å². The van der Waals surface area contributed by atoms with Gasteiger partial charge in [-0.05, 0) is 61.9 Å². The molecule has 0 atom stereocenters. The highest BCUT2D eigenvalue weighted by Gasteiger charge is 2.25. The normalized spacial score (nSPS) is 11.1. The summed E-state index contributed by atoms with van der Waals surface area (Å²) in [6, 6.07) is 16.1. The molecular formula is C20H19ClN6O.